The summed E-state index contributed by atoms with van der Waals surface area (Å²) in [5.41, 5.74) is 4.02. The number of nitrogens with one attached hydrogen (secondary N) is 1. The fourth-order valence-electron chi connectivity index (χ4n) is 4.71. The van der Waals surface area contributed by atoms with Crippen molar-refractivity contribution in [3.63, 3.8) is 0 Å². The van der Waals surface area contributed by atoms with Crippen molar-refractivity contribution in [1.29, 1.82) is 0 Å². The van der Waals surface area contributed by atoms with Gasteiger partial charge >= 0.3 is 0 Å². The van der Waals surface area contributed by atoms with E-state index in [0.29, 0.717) is 27.8 Å². The Labute approximate surface area is 266 Å². The van der Waals surface area contributed by atoms with Crippen molar-refractivity contribution >= 4 is 50.7 Å². The topological polar surface area (TPSA) is 86.8 Å². The molecule has 0 saturated carbocycles. The summed E-state index contributed by atoms with van der Waals surface area (Å²) in [6.07, 6.45) is 1.71. The fourth-order valence-corrected chi connectivity index (χ4v) is 6.19. The summed E-state index contributed by atoms with van der Waals surface area (Å²) in [5.74, 6) is -0.358. The van der Waals surface area contributed by atoms with E-state index in [4.69, 9.17) is 23.2 Å². The first kappa shape index (κ1) is 34.4. The highest BCUT2D eigenvalue weighted by molar-refractivity contribution is 7.92. The monoisotopic (exact) mass is 645 g/mol. The van der Waals surface area contributed by atoms with Crippen LogP contribution in [0.5, 0.6) is 0 Å². The van der Waals surface area contributed by atoms with Crippen LogP contribution in [0, 0.1) is 19.8 Å². The summed E-state index contributed by atoms with van der Waals surface area (Å²) in [5, 5.41) is 3.78. The van der Waals surface area contributed by atoms with Gasteiger partial charge in [-0.15, -0.1) is 0 Å². The van der Waals surface area contributed by atoms with E-state index in [9.17, 15) is 18.0 Å². The van der Waals surface area contributed by atoms with Crippen molar-refractivity contribution < 1.29 is 18.0 Å². The van der Waals surface area contributed by atoms with E-state index in [-0.39, 0.29) is 50.1 Å². The van der Waals surface area contributed by atoms with Crippen LogP contribution in [0.3, 0.4) is 0 Å². The summed E-state index contributed by atoms with van der Waals surface area (Å²) in [6, 6.07) is 19.3. The predicted molar refractivity (Wildman–Crippen MR) is 176 cm³/mol. The maximum absolute atomic E-state index is 14.0. The number of sulfonamides is 1. The van der Waals surface area contributed by atoms with E-state index in [2.05, 4.69) is 5.32 Å². The molecule has 0 aliphatic rings. The van der Waals surface area contributed by atoms with Crippen LogP contribution in [0.25, 0.3) is 0 Å². The van der Waals surface area contributed by atoms with Crippen molar-refractivity contribution in [2.45, 2.75) is 59.5 Å². The van der Waals surface area contributed by atoms with Gasteiger partial charge in [0.05, 0.1) is 11.9 Å². The Morgan fingerprint density at radius 1 is 0.907 bits per heavy atom. The molecule has 2 amide bonds. The quantitative estimate of drug-likeness (QED) is 0.215. The molecule has 3 aromatic carbocycles. The standard InChI is InChI=1S/C33H41Cl2N3O4S/c1-23(2)21-36-33(40)31(20-26-11-7-6-8-12-26)37(22-28-29(34)13-9-14-30(28)35)32(39)15-10-18-38(43(5,41)42)27-17-16-24(3)25(4)19-27/h6-9,11-14,16-17,19,23,31H,10,15,18,20-22H2,1-5H3,(H,36,40)/t31-/m0/s1. The molecule has 0 unspecified atom stereocenters. The first-order chi connectivity index (χ1) is 20.3. The van der Waals surface area contributed by atoms with Crippen LogP contribution in [0.15, 0.2) is 66.7 Å². The van der Waals surface area contributed by atoms with Crippen LogP contribution in [0.4, 0.5) is 5.69 Å². The molecule has 0 saturated heterocycles. The van der Waals surface area contributed by atoms with Gasteiger partial charge in [-0.3, -0.25) is 13.9 Å². The molecule has 3 rings (SSSR count). The molecule has 1 atom stereocenters. The molecule has 0 bridgehead atoms. The van der Waals surface area contributed by atoms with Crippen LogP contribution in [-0.4, -0.2) is 50.5 Å². The van der Waals surface area contributed by atoms with Crippen LogP contribution in [-0.2, 0) is 32.6 Å². The Bertz CT molecular complexity index is 1490. The lowest BCUT2D eigenvalue weighted by molar-refractivity contribution is -0.141. The lowest BCUT2D eigenvalue weighted by Gasteiger charge is -2.32. The number of aryl methyl sites for hydroxylation is 2. The molecule has 0 aliphatic carbocycles. The summed E-state index contributed by atoms with van der Waals surface area (Å²) >= 11 is 13.0. The average Bonchev–Trinajstić information content (AvgIpc) is 2.94. The van der Waals surface area contributed by atoms with Gasteiger partial charge in [0.2, 0.25) is 21.8 Å². The zero-order valence-corrected chi connectivity index (χ0v) is 27.8. The Morgan fingerprint density at radius 2 is 1.56 bits per heavy atom. The number of amides is 2. The van der Waals surface area contributed by atoms with Crippen molar-refractivity contribution in [3.8, 4) is 0 Å². The third-order valence-corrected chi connectivity index (χ3v) is 9.18. The molecule has 1 N–H and O–H groups in total. The maximum atomic E-state index is 14.0. The van der Waals surface area contributed by atoms with Gasteiger partial charge in [-0.2, -0.15) is 0 Å². The zero-order chi connectivity index (χ0) is 31.7. The molecule has 43 heavy (non-hydrogen) atoms. The van der Waals surface area contributed by atoms with E-state index in [0.717, 1.165) is 22.9 Å². The number of rotatable bonds is 14. The number of hydrogen-bond acceptors (Lipinski definition) is 4. The SMILES string of the molecule is Cc1ccc(N(CCCC(=O)N(Cc2c(Cl)cccc2Cl)[C@@H](Cc2ccccc2)C(=O)NCC(C)C)S(C)(=O)=O)cc1C. The van der Waals surface area contributed by atoms with E-state index in [1.807, 2.05) is 70.2 Å². The molecule has 0 aromatic heterocycles. The van der Waals surface area contributed by atoms with Gasteiger partial charge in [0.1, 0.15) is 6.04 Å². The Morgan fingerprint density at radius 3 is 2.14 bits per heavy atom. The number of benzene rings is 3. The van der Waals surface area contributed by atoms with Crippen LogP contribution >= 0.6 is 23.2 Å². The zero-order valence-electron chi connectivity index (χ0n) is 25.4. The molecule has 0 fully saturated rings. The molecule has 10 heteroatoms. The Hall–Kier alpha value is -3.07. The first-order valence-electron chi connectivity index (χ1n) is 14.4. The Balaban J connectivity index is 1.93. The molecule has 0 heterocycles. The number of carbonyl (C=O) groups excluding carboxylic acids is 2. The predicted octanol–water partition coefficient (Wildman–Crippen LogP) is 6.57. The molecule has 232 valence electrons. The minimum absolute atomic E-state index is 0.0156. The molecular formula is C33H41Cl2N3O4S. The van der Waals surface area contributed by atoms with Crippen molar-refractivity contribution in [2.75, 3.05) is 23.7 Å². The number of carbonyl (C=O) groups is 2. The van der Waals surface area contributed by atoms with Gasteiger partial charge < -0.3 is 10.2 Å². The largest absolute Gasteiger partial charge is 0.354 e. The third kappa shape index (κ3) is 9.98. The highest BCUT2D eigenvalue weighted by Gasteiger charge is 2.31. The maximum Gasteiger partial charge on any atom is 0.243 e. The summed E-state index contributed by atoms with van der Waals surface area (Å²) in [6.45, 7) is 8.49. The van der Waals surface area contributed by atoms with Crippen molar-refractivity contribution in [1.82, 2.24) is 10.2 Å². The highest BCUT2D eigenvalue weighted by atomic mass is 35.5. The number of nitrogens with zero attached hydrogens (tertiary/aromatic N) is 2. The van der Waals surface area contributed by atoms with E-state index in [1.54, 1.807) is 24.3 Å². The Kier molecular flexibility index (Phi) is 12.5. The number of anilines is 1. The lowest BCUT2D eigenvalue weighted by Crippen LogP contribution is -2.51. The first-order valence-corrected chi connectivity index (χ1v) is 17.0. The molecule has 0 spiro atoms. The molecule has 0 radical (unpaired) electrons. The summed E-state index contributed by atoms with van der Waals surface area (Å²) in [7, 11) is -3.60. The normalized spacial score (nSPS) is 12.2. The second-order valence-corrected chi connectivity index (χ2v) is 14.0. The van der Waals surface area contributed by atoms with Crippen LogP contribution < -0.4 is 9.62 Å². The van der Waals surface area contributed by atoms with Gasteiger partial charge in [0.25, 0.3) is 0 Å². The van der Waals surface area contributed by atoms with Gasteiger partial charge in [-0.05, 0) is 67.1 Å². The van der Waals surface area contributed by atoms with Gasteiger partial charge in [0, 0.05) is 48.1 Å². The second kappa shape index (κ2) is 15.6. The summed E-state index contributed by atoms with van der Waals surface area (Å²) in [4.78, 5) is 29.2. The second-order valence-electron chi connectivity index (χ2n) is 11.3. The average molecular weight is 647 g/mol. The van der Waals surface area contributed by atoms with Gasteiger partial charge in [-0.25, -0.2) is 8.42 Å². The van der Waals surface area contributed by atoms with E-state index in [1.165, 1.54) is 9.21 Å². The molecule has 0 aliphatic heterocycles. The van der Waals surface area contributed by atoms with Gasteiger partial charge in [0.15, 0.2) is 0 Å². The molecule has 7 nitrogen and oxygen atoms in total. The minimum atomic E-state index is -3.60. The van der Waals surface area contributed by atoms with Crippen LogP contribution in [0.2, 0.25) is 10.0 Å². The number of hydrogen-bond donors (Lipinski definition) is 1. The van der Waals surface area contributed by atoms with Crippen LogP contribution in [0.1, 0.15) is 48.9 Å². The fraction of sp³-hybridized carbons (Fsp3) is 0.394. The third-order valence-electron chi connectivity index (χ3n) is 7.28. The number of halogens is 2. The minimum Gasteiger partial charge on any atom is -0.354 e. The highest BCUT2D eigenvalue weighted by Crippen LogP contribution is 2.28. The van der Waals surface area contributed by atoms with Crippen molar-refractivity contribution in [3.05, 3.63) is 99.0 Å². The molecular weight excluding hydrogens is 605 g/mol. The van der Waals surface area contributed by atoms with E-state index < -0.39 is 16.1 Å². The lowest BCUT2D eigenvalue weighted by atomic mass is 10.0. The van der Waals surface area contributed by atoms with Gasteiger partial charge in [-0.1, -0.05) is 79.5 Å². The van der Waals surface area contributed by atoms with Crippen molar-refractivity contribution in [2.24, 2.45) is 5.92 Å². The summed E-state index contributed by atoms with van der Waals surface area (Å²) < 4.78 is 26.8. The smallest absolute Gasteiger partial charge is 0.243 e. The van der Waals surface area contributed by atoms with E-state index >= 15 is 0 Å². The molecule has 3 aromatic rings.